The molecule has 2 aromatic rings. The molecule has 1 N–H and O–H groups in total. The summed E-state index contributed by atoms with van der Waals surface area (Å²) in [6.07, 6.45) is 0.828. The van der Waals surface area contributed by atoms with Gasteiger partial charge in [-0.15, -0.1) is 0 Å². The van der Waals surface area contributed by atoms with E-state index in [-0.39, 0.29) is 30.2 Å². The second-order valence-electron chi connectivity index (χ2n) is 7.09. The zero-order valence-electron chi connectivity index (χ0n) is 16.4. The Bertz CT molecular complexity index is 866. The molecule has 0 fully saturated rings. The van der Waals surface area contributed by atoms with Crippen LogP contribution in [0.2, 0.25) is 0 Å². The molecule has 3 rings (SSSR count). The van der Waals surface area contributed by atoms with E-state index >= 15 is 0 Å². The van der Waals surface area contributed by atoms with Crippen LogP contribution in [0, 0.1) is 16.0 Å². The number of hydrogen-bond acceptors (Lipinski definition) is 6. The maximum absolute atomic E-state index is 12.4. The molecule has 0 spiro atoms. The van der Waals surface area contributed by atoms with E-state index in [2.05, 4.69) is 5.32 Å². The fraction of sp³-hybridized carbons (Fsp3) is 0.381. The van der Waals surface area contributed by atoms with Crippen molar-refractivity contribution >= 4 is 11.6 Å². The van der Waals surface area contributed by atoms with Gasteiger partial charge in [0, 0.05) is 18.6 Å². The predicted molar refractivity (Wildman–Crippen MR) is 106 cm³/mol. The molecule has 1 heterocycles. The maximum atomic E-state index is 12.4. The minimum atomic E-state index is -0.487. The van der Waals surface area contributed by atoms with Gasteiger partial charge in [0.2, 0.25) is 0 Å². The molecule has 0 saturated heterocycles. The van der Waals surface area contributed by atoms with Crippen molar-refractivity contribution in [3.8, 4) is 17.2 Å². The molecule has 1 atom stereocenters. The van der Waals surface area contributed by atoms with Crippen molar-refractivity contribution in [1.82, 2.24) is 5.32 Å². The number of amides is 1. The standard InChI is InChI=1S/C21H24N2O6/c1-14(2)21(15-4-9-18-19(12-15)28-11-3-10-27-18)22-20(24)13-29-17-7-5-16(6-8-17)23(25)26/h4-9,12,14,21H,3,10-11,13H2,1-2H3,(H,22,24)/t21-/m0/s1. The van der Waals surface area contributed by atoms with Gasteiger partial charge in [0.15, 0.2) is 18.1 Å². The van der Waals surface area contributed by atoms with Crippen LogP contribution in [-0.4, -0.2) is 30.7 Å². The molecular formula is C21H24N2O6. The van der Waals surface area contributed by atoms with Crippen LogP contribution in [0.15, 0.2) is 42.5 Å². The smallest absolute Gasteiger partial charge is 0.269 e. The molecule has 0 aliphatic carbocycles. The van der Waals surface area contributed by atoms with E-state index in [0.29, 0.717) is 30.5 Å². The third-order valence-electron chi connectivity index (χ3n) is 4.53. The summed E-state index contributed by atoms with van der Waals surface area (Å²) in [5, 5.41) is 13.7. The second kappa shape index (κ2) is 9.27. The Morgan fingerprint density at radius 1 is 1.14 bits per heavy atom. The van der Waals surface area contributed by atoms with E-state index in [1.807, 2.05) is 32.0 Å². The number of carbonyl (C=O) groups excluding carboxylic acids is 1. The molecule has 0 radical (unpaired) electrons. The monoisotopic (exact) mass is 400 g/mol. The highest BCUT2D eigenvalue weighted by atomic mass is 16.6. The largest absolute Gasteiger partial charge is 0.490 e. The summed E-state index contributed by atoms with van der Waals surface area (Å²) in [5.41, 5.74) is 0.893. The molecule has 8 nitrogen and oxygen atoms in total. The fourth-order valence-electron chi connectivity index (χ4n) is 3.04. The molecule has 8 heteroatoms. The van der Waals surface area contributed by atoms with E-state index in [9.17, 15) is 14.9 Å². The molecule has 2 aromatic carbocycles. The van der Waals surface area contributed by atoms with Gasteiger partial charge in [0.1, 0.15) is 5.75 Å². The van der Waals surface area contributed by atoms with E-state index in [1.54, 1.807) is 0 Å². The number of rotatable bonds is 7. The lowest BCUT2D eigenvalue weighted by Crippen LogP contribution is -2.35. The van der Waals surface area contributed by atoms with Crippen LogP contribution in [0.1, 0.15) is 31.9 Å². The molecule has 0 aromatic heterocycles. The normalized spacial score (nSPS) is 14.0. The van der Waals surface area contributed by atoms with Gasteiger partial charge in [-0.2, -0.15) is 0 Å². The lowest BCUT2D eigenvalue weighted by Gasteiger charge is -2.24. The van der Waals surface area contributed by atoms with Crippen molar-refractivity contribution in [3.05, 3.63) is 58.1 Å². The fourth-order valence-corrected chi connectivity index (χ4v) is 3.04. The number of benzene rings is 2. The number of ether oxygens (including phenoxy) is 3. The third-order valence-corrected chi connectivity index (χ3v) is 4.53. The minimum absolute atomic E-state index is 0.0314. The van der Waals surface area contributed by atoms with Crippen LogP contribution < -0.4 is 19.5 Å². The van der Waals surface area contributed by atoms with Crippen LogP contribution in [0.4, 0.5) is 5.69 Å². The minimum Gasteiger partial charge on any atom is -0.490 e. The third kappa shape index (κ3) is 5.37. The first kappa shape index (κ1) is 20.4. The number of nitro groups is 1. The predicted octanol–water partition coefficient (Wildman–Crippen LogP) is 3.65. The van der Waals surface area contributed by atoms with Gasteiger partial charge in [0.05, 0.1) is 24.2 Å². The number of non-ortho nitro benzene ring substituents is 1. The summed E-state index contributed by atoms with van der Waals surface area (Å²) in [5.74, 6) is 1.64. The second-order valence-corrected chi connectivity index (χ2v) is 7.09. The van der Waals surface area contributed by atoms with E-state index in [1.165, 1.54) is 24.3 Å². The molecule has 1 amide bonds. The summed E-state index contributed by atoms with van der Waals surface area (Å²) < 4.78 is 16.9. The van der Waals surface area contributed by atoms with Gasteiger partial charge >= 0.3 is 0 Å². The molecule has 1 aliphatic heterocycles. The molecule has 1 aliphatic rings. The van der Waals surface area contributed by atoms with Gasteiger partial charge in [-0.1, -0.05) is 19.9 Å². The first-order valence-electron chi connectivity index (χ1n) is 9.50. The molecule has 29 heavy (non-hydrogen) atoms. The van der Waals surface area contributed by atoms with Crippen LogP contribution in [0.3, 0.4) is 0 Å². The maximum Gasteiger partial charge on any atom is 0.269 e. The Labute approximate surface area is 168 Å². The van der Waals surface area contributed by atoms with Crippen molar-refractivity contribution in [3.63, 3.8) is 0 Å². The number of nitro benzene ring substituents is 1. The van der Waals surface area contributed by atoms with Crippen molar-refractivity contribution in [2.45, 2.75) is 26.3 Å². The van der Waals surface area contributed by atoms with Gasteiger partial charge < -0.3 is 19.5 Å². The Hall–Kier alpha value is -3.29. The summed E-state index contributed by atoms with van der Waals surface area (Å²) >= 11 is 0. The van der Waals surface area contributed by atoms with Crippen molar-refractivity contribution in [1.29, 1.82) is 0 Å². The zero-order valence-corrected chi connectivity index (χ0v) is 16.4. The summed E-state index contributed by atoms with van der Waals surface area (Å²) in [6.45, 7) is 5.07. The highest BCUT2D eigenvalue weighted by Crippen LogP contribution is 2.34. The number of fused-ring (bicyclic) bond motifs is 1. The van der Waals surface area contributed by atoms with E-state index in [0.717, 1.165) is 12.0 Å². The summed E-state index contributed by atoms with van der Waals surface area (Å²) in [6, 6.07) is 11.1. The highest BCUT2D eigenvalue weighted by Gasteiger charge is 2.21. The Kier molecular flexibility index (Phi) is 6.54. The van der Waals surface area contributed by atoms with Crippen LogP contribution >= 0.6 is 0 Å². The number of nitrogens with zero attached hydrogens (tertiary/aromatic N) is 1. The van der Waals surface area contributed by atoms with Crippen LogP contribution in [0.5, 0.6) is 17.2 Å². The van der Waals surface area contributed by atoms with Crippen LogP contribution in [-0.2, 0) is 4.79 Å². The number of hydrogen-bond donors (Lipinski definition) is 1. The quantitative estimate of drug-likeness (QED) is 0.562. The molecule has 0 bridgehead atoms. The average molecular weight is 400 g/mol. The molecule has 0 saturated carbocycles. The van der Waals surface area contributed by atoms with Crippen LogP contribution in [0.25, 0.3) is 0 Å². The lowest BCUT2D eigenvalue weighted by molar-refractivity contribution is -0.384. The SMILES string of the molecule is CC(C)[C@H](NC(=O)COc1ccc([N+](=O)[O-])cc1)c1ccc2c(c1)OCCCO2. The molecule has 0 unspecified atom stereocenters. The van der Waals surface area contributed by atoms with E-state index in [4.69, 9.17) is 14.2 Å². The topological polar surface area (TPSA) is 99.9 Å². The van der Waals surface area contributed by atoms with Crippen molar-refractivity contribution < 1.29 is 23.9 Å². The summed E-state index contributed by atoms with van der Waals surface area (Å²) in [7, 11) is 0. The summed E-state index contributed by atoms with van der Waals surface area (Å²) in [4.78, 5) is 22.6. The van der Waals surface area contributed by atoms with Crippen molar-refractivity contribution in [2.75, 3.05) is 19.8 Å². The molecular weight excluding hydrogens is 376 g/mol. The first-order valence-corrected chi connectivity index (χ1v) is 9.50. The van der Waals surface area contributed by atoms with Gasteiger partial charge in [-0.05, 0) is 35.7 Å². The molecule has 154 valence electrons. The van der Waals surface area contributed by atoms with Gasteiger partial charge in [-0.25, -0.2) is 0 Å². The highest BCUT2D eigenvalue weighted by molar-refractivity contribution is 5.78. The van der Waals surface area contributed by atoms with E-state index < -0.39 is 4.92 Å². The average Bonchev–Trinajstić information content (AvgIpc) is 2.95. The number of carbonyl (C=O) groups is 1. The zero-order chi connectivity index (χ0) is 20.8. The number of nitrogens with one attached hydrogen (secondary N) is 1. The van der Waals surface area contributed by atoms with Crippen molar-refractivity contribution in [2.24, 2.45) is 5.92 Å². The Morgan fingerprint density at radius 2 is 1.83 bits per heavy atom. The Morgan fingerprint density at radius 3 is 2.48 bits per heavy atom. The van der Waals surface area contributed by atoms with Gasteiger partial charge in [0.25, 0.3) is 11.6 Å². The Balaban J connectivity index is 1.63. The lowest BCUT2D eigenvalue weighted by atomic mass is 9.95. The first-order chi connectivity index (χ1) is 13.9. The van der Waals surface area contributed by atoms with Gasteiger partial charge in [-0.3, -0.25) is 14.9 Å².